The molecule has 134 valence electrons. The number of nitrogens with one attached hydrogen (secondary N) is 1. The molecule has 5 nitrogen and oxygen atoms in total. The molecule has 1 amide bonds. The van der Waals surface area contributed by atoms with Crippen molar-refractivity contribution in [1.82, 2.24) is 15.1 Å². The van der Waals surface area contributed by atoms with Gasteiger partial charge in [-0.3, -0.25) is 9.48 Å². The predicted molar refractivity (Wildman–Crippen MR) is 101 cm³/mol. The maximum atomic E-state index is 12.0. The van der Waals surface area contributed by atoms with Gasteiger partial charge in [-0.1, -0.05) is 18.5 Å². The van der Waals surface area contributed by atoms with Crippen LogP contribution in [0.2, 0.25) is 5.02 Å². The van der Waals surface area contributed by atoms with E-state index >= 15 is 0 Å². The number of hydrogen-bond donors (Lipinski definition) is 1. The molecule has 1 aromatic heterocycles. The lowest BCUT2D eigenvalue weighted by Crippen LogP contribution is -2.29. The quantitative estimate of drug-likeness (QED) is 0.766. The first-order chi connectivity index (χ1) is 11.9. The highest BCUT2D eigenvalue weighted by Gasteiger charge is 2.08. The summed E-state index contributed by atoms with van der Waals surface area (Å²) in [7, 11) is 1.58. The molecule has 0 spiro atoms. The average molecular weight is 362 g/mol. The fraction of sp³-hybridized carbons (Fsp3) is 0.368. The van der Waals surface area contributed by atoms with E-state index in [1.54, 1.807) is 31.4 Å². The van der Waals surface area contributed by atoms with E-state index < -0.39 is 0 Å². The Kier molecular flexibility index (Phi) is 6.65. The number of carbonyl (C=O) groups excluding carboxylic acids is 1. The van der Waals surface area contributed by atoms with Gasteiger partial charge in [-0.05, 0) is 50.1 Å². The number of halogens is 1. The molecular formula is C19H24ClN3O2. The molecule has 0 radical (unpaired) electrons. The summed E-state index contributed by atoms with van der Waals surface area (Å²) in [5.74, 6) is 0.796. The zero-order valence-electron chi connectivity index (χ0n) is 15.0. The molecule has 6 heteroatoms. The third-order valence-corrected chi connectivity index (χ3v) is 4.05. The van der Waals surface area contributed by atoms with E-state index in [4.69, 9.17) is 16.3 Å². The van der Waals surface area contributed by atoms with Crippen molar-refractivity contribution >= 4 is 23.6 Å². The van der Waals surface area contributed by atoms with Gasteiger partial charge in [0.2, 0.25) is 5.91 Å². The number of nitrogens with zero attached hydrogens (tertiary/aromatic N) is 2. The SMILES string of the molecule is COc1ccc(Cl)cc1/C=C/C(=O)NCC(C)Cn1nc(C)cc1C. The molecule has 1 heterocycles. The second-order valence-electron chi connectivity index (χ2n) is 6.18. The monoisotopic (exact) mass is 361 g/mol. The summed E-state index contributed by atoms with van der Waals surface area (Å²) in [5, 5.41) is 7.95. The molecule has 1 N–H and O–H groups in total. The van der Waals surface area contributed by atoms with E-state index in [1.165, 1.54) is 6.08 Å². The van der Waals surface area contributed by atoms with Gasteiger partial charge in [0.1, 0.15) is 5.75 Å². The summed E-state index contributed by atoms with van der Waals surface area (Å²) in [4.78, 5) is 12.0. The van der Waals surface area contributed by atoms with Gasteiger partial charge in [-0.2, -0.15) is 5.10 Å². The van der Waals surface area contributed by atoms with Crippen LogP contribution in [0.25, 0.3) is 6.08 Å². The molecule has 1 atom stereocenters. The van der Waals surface area contributed by atoms with Gasteiger partial charge < -0.3 is 10.1 Å². The van der Waals surface area contributed by atoms with Gasteiger partial charge in [-0.25, -0.2) is 0 Å². The summed E-state index contributed by atoms with van der Waals surface area (Å²) in [5.41, 5.74) is 2.90. The Balaban J connectivity index is 1.88. The van der Waals surface area contributed by atoms with E-state index in [0.29, 0.717) is 17.3 Å². The minimum Gasteiger partial charge on any atom is -0.496 e. The normalized spacial score (nSPS) is 12.4. The highest BCUT2D eigenvalue weighted by atomic mass is 35.5. The second kappa shape index (κ2) is 8.72. The van der Waals surface area contributed by atoms with Crippen molar-refractivity contribution in [3.63, 3.8) is 0 Å². The van der Waals surface area contributed by atoms with Crippen molar-refractivity contribution in [2.45, 2.75) is 27.3 Å². The Morgan fingerprint density at radius 1 is 1.40 bits per heavy atom. The van der Waals surface area contributed by atoms with Crippen molar-refractivity contribution in [3.05, 3.63) is 52.3 Å². The second-order valence-corrected chi connectivity index (χ2v) is 6.62. The number of carbonyl (C=O) groups is 1. The van der Waals surface area contributed by atoms with Gasteiger partial charge in [-0.15, -0.1) is 0 Å². The molecular weight excluding hydrogens is 338 g/mol. The highest BCUT2D eigenvalue weighted by molar-refractivity contribution is 6.30. The minimum absolute atomic E-state index is 0.151. The third-order valence-electron chi connectivity index (χ3n) is 3.82. The largest absolute Gasteiger partial charge is 0.496 e. The summed E-state index contributed by atoms with van der Waals surface area (Å²) >= 11 is 5.99. The number of aromatic nitrogens is 2. The van der Waals surface area contributed by atoms with Gasteiger partial charge >= 0.3 is 0 Å². The van der Waals surface area contributed by atoms with Crippen molar-refractivity contribution in [3.8, 4) is 5.75 Å². The van der Waals surface area contributed by atoms with E-state index in [9.17, 15) is 4.79 Å². The lowest BCUT2D eigenvalue weighted by atomic mass is 10.1. The lowest BCUT2D eigenvalue weighted by molar-refractivity contribution is -0.116. The molecule has 2 aromatic rings. The lowest BCUT2D eigenvalue weighted by Gasteiger charge is -2.13. The number of amides is 1. The topological polar surface area (TPSA) is 56.1 Å². The Hall–Kier alpha value is -2.27. The standard InChI is InChI=1S/C19H24ClN3O2/c1-13(12-23-15(3)9-14(2)22-23)11-21-19(24)8-5-16-10-17(20)6-7-18(16)25-4/h5-10,13H,11-12H2,1-4H3,(H,21,24)/b8-5+. The molecule has 0 aliphatic carbocycles. The van der Waals surface area contributed by atoms with E-state index in [-0.39, 0.29) is 11.8 Å². The number of ether oxygens (including phenoxy) is 1. The van der Waals surface area contributed by atoms with Crippen LogP contribution in [0.4, 0.5) is 0 Å². The Morgan fingerprint density at radius 3 is 2.80 bits per heavy atom. The van der Waals surface area contributed by atoms with Gasteiger partial charge in [0.25, 0.3) is 0 Å². The van der Waals surface area contributed by atoms with Crippen molar-refractivity contribution in [2.24, 2.45) is 5.92 Å². The van der Waals surface area contributed by atoms with Crippen molar-refractivity contribution < 1.29 is 9.53 Å². The smallest absolute Gasteiger partial charge is 0.244 e. The van der Waals surface area contributed by atoms with Crippen LogP contribution in [0.15, 0.2) is 30.3 Å². The molecule has 0 saturated heterocycles. The molecule has 0 fully saturated rings. The van der Waals surface area contributed by atoms with Crippen molar-refractivity contribution in [1.29, 1.82) is 0 Å². The first-order valence-corrected chi connectivity index (χ1v) is 8.57. The van der Waals surface area contributed by atoms with Crippen LogP contribution in [-0.4, -0.2) is 29.3 Å². The Morgan fingerprint density at radius 2 is 2.16 bits per heavy atom. The zero-order valence-corrected chi connectivity index (χ0v) is 15.8. The van der Waals surface area contributed by atoms with Crippen LogP contribution >= 0.6 is 11.6 Å². The predicted octanol–water partition coefficient (Wildman–Crippen LogP) is 3.63. The maximum Gasteiger partial charge on any atom is 0.244 e. The van der Waals surface area contributed by atoms with Crippen LogP contribution in [-0.2, 0) is 11.3 Å². The summed E-state index contributed by atoms with van der Waals surface area (Å²) in [6.07, 6.45) is 3.19. The fourth-order valence-corrected chi connectivity index (χ4v) is 2.73. The minimum atomic E-state index is -0.151. The van der Waals surface area contributed by atoms with E-state index in [0.717, 1.165) is 23.5 Å². The van der Waals surface area contributed by atoms with E-state index in [2.05, 4.69) is 17.3 Å². The molecule has 0 aliphatic rings. The molecule has 0 saturated carbocycles. The molecule has 1 aromatic carbocycles. The van der Waals surface area contributed by atoms with E-state index in [1.807, 2.05) is 24.6 Å². The number of benzene rings is 1. The molecule has 0 bridgehead atoms. The fourth-order valence-electron chi connectivity index (χ4n) is 2.55. The molecule has 0 aliphatic heterocycles. The van der Waals surface area contributed by atoms with Crippen LogP contribution in [0.5, 0.6) is 5.75 Å². The Labute approximate surface area is 153 Å². The number of rotatable bonds is 7. The first-order valence-electron chi connectivity index (χ1n) is 8.19. The van der Waals surface area contributed by atoms with Crippen molar-refractivity contribution in [2.75, 3.05) is 13.7 Å². The zero-order chi connectivity index (χ0) is 18.4. The Bertz CT molecular complexity index is 768. The number of hydrogen-bond acceptors (Lipinski definition) is 3. The number of methoxy groups -OCH3 is 1. The third kappa shape index (κ3) is 5.64. The molecule has 25 heavy (non-hydrogen) atoms. The summed E-state index contributed by atoms with van der Waals surface area (Å²) < 4.78 is 7.23. The van der Waals surface area contributed by atoms with Crippen LogP contribution < -0.4 is 10.1 Å². The summed E-state index contributed by atoms with van der Waals surface area (Å²) in [6, 6.07) is 7.33. The molecule has 2 rings (SSSR count). The summed E-state index contributed by atoms with van der Waals surface area (Å²) in [6.45, 7) is 7.44. The van der Waals surface area contributed by atoms with Crippen LogP contribution in [0.3, 0.4) is 0 Å². The maximum absolute atomic E-state index is 12.0. The van der Waals surface area contributed by atoms with Crippen LogP contribution in [0.1, 0.15) is 23.9 Å². The average Bonchev–Trinajstić information content (AvgIpc) is 2.88. The van der Waals surface area contributed by atoms with Gasteiger partial charge in [0.05, 0.1) is 12.8 Å². The highest BCUT2D eigenvalue weighted by Crippen LogP contribution is 2.23. The number of aryl methyl sites for hydroxylation is 2. The molecule has 1 unspecified atom stereocenters. The van der Waals surface area contributed by atoms with Gasteiger partial charge in [0.15, 0.2) is 0 Å². The van der Waals surface area contributed by atoms with Gasteiger partial charge in [0, 0.05) is 35.4 Å². The first kappa shape index (κ1) is 19.1. The van der Waals surface area contributed by atoms with Crippen LogP contribution in [0, 0.1) is 19.8 Å².